The number of aliphatic hydroxyl groups excluding tert-OH is 1. The Labute approximate surface area is 76.8 Å². The van der Waals surface area contributed by atoms with Crippen LogP contribution in [0.15, 0.2) is 0 Å². The molecule has 0 aromatic heterocycles. The Morgan fingerprint density at radius 2 is 2.31 bits per heavy atom. The molecular formula is C9H14O4. The molecule has 2 saturated heterocycles. The summed E-state index contributed by atoms with van der Waals surface area (Å²) in [6.45, 7) is 2.23. The Morgan fingerprint density at radius 3 is 2.77 bits per heavy atom. The van der Waals surface area contributed by atoms with Crippen molar-refractivity contribution in [2.75, 3.05) is 6.61 Å². The molecule has 2 heterocycles. The van der Waals surface area contributed by atoms with Gasteiger partial charge in [0.15, 0.2) is 0 Å². The van der Waals surface area contributed by atoms with Crippen molar-refractivity contribution in [3.63, 3.8) is 0 Å². The van der Waals surface area contributed by atoms with Crippen molar-refractivity contribution in [3.8, 4) is 0 Å². The summed E-state index contributed by atoms with van der Waals surface area (Å²) in [5.74, 6) is -1.83. The Hall–Kier alpha value is -0.610. The maximum absolute atomic E-state index is 11.2. The molecule has 4 heteroatoms. The number of ether oxygens (including phenoxy) is 2. The maximum Gasteiger partial charge on any atom is 0.314 e. The molecule has 4 nitrogen and oxygen atoms in total. The molecule has 0 amide bonds. The first kappa shape index (κ1) is 8.97. The standard InChI is InChI=1S/C9H14O4/c1-6-7(10)9(13-8(6)11)4-2-3-5-12-9/h6-7,10H,2-5H2,1H3. The van der Waals surface area contributed by atoms with Gasteiger partial charge in [-0.05, 0) is 19.8 Å². The van der Waals surface area contributed by atoms with E-state index in [4.69, 9.17) is 9.47 Å². The molecule has 0 aromatic rings. The van der Waals surface area contributed by atoms with Gasteiger partial charge in [0.05, 0.1) is 12.5 Å². The number of aliphatic hydroxyl groups is 1. The summed E-state index contributed by atoms with van der Waals surface area (Å²) >= 11 is 0. The second-order valence-corrected chi connectivity index (χ2v) is 3.77. The van der Waals surface area contributed by atoms with Crippen LogP contribution < -0.4 is 0 Å². The molecule has 2 aliphatic heterocycles. The summed E-state index contributed by atoms with van der Waals surface area (Å²) in [6.07, 6.45) is 1.72. The van der Waals surface area contributed by atoms with E-state index in [1.54, 1.807) is 6.92 Å². The first-order valence-corrected chi connectivity index (χ1v) is 4.70. The largest absolute Gasteiger partial charge is 0.430 e. The van der Waals surface area contributed by atoms with Gasteiger partial charge in [0.25, 0.3) is 0 Å². The van der Waals surface area contributed by atoms with Gasteiger partial charge in [-0.15, -0.1) is 0 Å². The highest BCUT2D eigenvalue weighted by atomic mass is 16.7. The summed E-state index contributed by atoms with van der Waals surface area (Å²) in [7, 11) is 0. The van der Waals surface area contributed by atoms with Crippen molar-refractivity contribution in [2.24, 2.45) is 5.92 Å². The van der Waals surface area contributed by atoms with Crippen LogP contribution in [0.3, 0.4) is 0 Å². The van der Waals surface area contributed by atoms with E-state index in [0.717, 1.165) is 12.8 Å². The molecule has 13 heavy (non-hydrogen) atoms. The topological polar surface area (TPSA) is 55.8 Å². The third-order valence-corrected chi connectivity index (χ3v) is 2.84. The SMILES string of the molecule is CC1C(=O)OC2(CCCCO2)C1O. The number of carbonyl (C=O) groups is 1. The van der Waals surface area contributed by atoms with Gasteiger partial charge in [-0.1, -0.05) is 0 Å². The Bertz CT molecular complexity index is 220. The zero-order valence-corrected chi connectivity index (χ0v) is 7.66. The third kappa shape index (κ3) is 1.25. The highest BCUT2D eigenvalue weighted by Gasteiger charge is 2.55. The Balaban J connectivity index is 2.18. The highest BCUT2D eigenvalue weighted by Crippen LogP contribution is 2.38. The lowest BCUT2D eigenvalue weighted by molar-refractivity contribution is -0.258. The van der Waals surface area contributed by atoms with Crippen molar-refractivity contribution in [3.05, 3.63) is 0 Å². The lowest BCUT2D eigenvalue weighted by Crippen LogP contribution is -2.46. The first-order chi connectivity index (χ1) is 6.16. The Kier molecular flexibility index (Phi) is 2.04. The molecule has 3 unspecified atom stereocenters. The van der Waals surface area contributed by atoms with Crippen LogP contribution in [0.2, 0.25) is 0 Å². The lowest BCUT2D eigenvalue weighted by atomic mass is 9.95. The molecule has 0 aliphatic carbocycles. The zero-order valence-electron chi connectivity index (χ0n) is 7.66. The fourth-order valence-electron chi connectivity index (χ4n) is 1.94. The molecule has 0 bridgehead atoms. The predicted octanol–water partition coefficient (Wildman–Crippen LogP) is 0.437. The van der Waals surface area contributed by atoms with Gasteiger partial charge in [0.1, 0.15) is 6.10 Å². The monoisotopic (exact) mass is 186 g/mol. The van der Waals surface area contributed by atoms with Gasteiger partial charge in [0.2, 0.25) is 5.79 Å². The number of hydrogen-bond acceptors (Lipinski definition) is 4. The van der Waals surface area contributed by atoms with E-state index in [-0.39, 0.29) is 5.97 Å². The van der Waals surface area contributed by atoms with Crippen LogP contribution in [-0.4, -0.2) is 29.6 Å². The summed E-state index contributed by atoms with van der Waals surface area (Å²) in [5, 5.41) is 9.77. The fraction of sp³-hybridized carbons (Fsp3) is 0.889. The molecule has 2 rings (SSSR count). The second kappa shape index (κ2) is 2.96. The minimum absolute atomic E-state index is 0.352. The first-order valence-electron chi connectivity index (χ1n) is 4.70. The van der Waals surface area contributed by atoms with Crippen molar-refractivity contribution in [1.82, 2.24) is 0 Å². The molecular weight excluding hydrogens is 172 g/mol. The van der Waals surface area contributed by atoms with Gasteiger partial charge in [-0.2, -0.15) is 0 Å². The van der Waals surface area contributed by atoms with Crippen molar-refractivity contribution >= 4 is 5.97 Å². The average molecular weight is 186 g/mol. The van der Waals surface area contributed by atoms with E-state index < -0.39 is 17.8 Å². The fourth-order valence-corrected chi connectivity index (χ4v) is 1.94. The van der Waals surface area contributed by atoms with Gasteiger partial charge in [-0.3, -0.25) is 4.79 Å². The second-order valence-electron chi connectivity index (χ2n) is 3.77. The normalized spacial score (nSPS) is 45.2. The maximum atomic E-state index is 11.2. The number of esters is 1. The Morgan fingerprint density at radius 1 is 1.54 bits per heavy atom. The number of rotatable bonds is 0. The minimum Gasteiger partial charge on any atom is -0.430 e. The van der Waals surface area contributed by atoms with Crippen LogP contribution in [0.25, 0.3) is 0 Å². The molecule has 3 atom stereocenters. The average Bonchev–Trinajstić information content (AvgIpc) is 2.33. The molecule has 0 aromatic carbocycles. The molecule has 74 valence electrons. The molecule has 1 spiro atoms. The lowest BCUT2D eigenvalue weighted by Gasteiger charge is -2.34. The summed E-state index contributed by atoms with van der Waals surface area (Å²) in [5.41, 5.74) is 0. The zero-order chi connectivity index (χ0) is 9.47. The molecule has 0 saturated carbocycles. The molecule has 2 fully saturated rings. The van der Waals surface area contributed by atoms with Crippen molar-refractivity contribution in [2.45, 2.75) is 38.1 Å². The van der Waals surface area contributed by atoms with Crippen LogP contribution in [-0.2, 0) is 14.3 Å². The van der Waals surface area contributed by atoms with Crippen LogP contribution in [0, 0.1) is 5.92 Å². The van der Waals surface area contributed by atoms with Gasteiger partial charge >= 0.3 is 5.97 Å². The molecule has 2 aliphatic rings. The van der Waals surface area contributed by atoms with Gasteiger partial charge in [0, 0.05) is 6.42 Å². The van der Waals surface area contributed by atoms with E-state index in [0.29, 0.717) is 13.0 Å². The molecule has 1 N–H and O–H groups in total. The number of carbonyl (C=O) groups excluding carboxylic acids is 1. The summed E-state index contributed by atoms with van der Waals surface area (Å²) < 4.78 is 10.5. The molecule has 0 radical (unpaired) electrons. The summed E-state index contributed by atoms with van der Waals surface area (Å²) in [4.78, 5) is 11.2. The van der Waals surface area contributed by atoms with Crippen LogP contribution in [0.5, 0.6) is 0 Å². The van der Waals surface area contributed by atoms with E-state index in [2.05, 4.69) is 0 Å². The van der Waals surface area contributed by atoms with Crippen LogP contribution in [0.1, 0.15) is 26.2 Å². The third-order valence-electron chi connectivity index (χ3n) is 2.84. The predicted molar refractivity (Wildman–Crippen MR) is 43.8 cm³/mol. The van der Waals surface area contributed by atoms with Gasteiger partial charge in [-0.25, -0.2) is 0 Å². The van der Waals surface area contributed by atoms with Gasteiger partial charge < -0.3 is 14.6 Å². The smallest absolute Gasteiger partial charge is 0.314 e. The van der Waals surface area contributed by atoms with E-state index in [1.165, 1.54) is 0 Å². The van der Waals surface area contributed by atoms with Crippen molar-refractivity contribution in [1.29, 1.82) is 0 Å². The van der Waals surface area contributed by atoms with Crippen molar-refractivity contribution < 1.29 is 19.4 Å². The van der Waals surface area contributed by atoms with E-state index >= 15 is 0 Å². The quantitative estimate of drug-likeness (QED) is 0.558. The van der Waals surface area contributed by atoms with Crippen LogP contribution in [0.4, 0.5) is 0 Å². The highest BCUT2D eigenvalue weighted by molar-refractivity contribution is 5.75. The minimum atomic E-state index is -1.02. The van der Waals surface area contributed by atoms with E-state index in [1.807, 2.05) is 0 Å². The number of hydrogen-bond donors (Lipinski definition) is 1. The van der Waals surface area contributed by atoms with Crippen LogP contribution >= 0.6 is 0 Å². The van der Waals surface area contributed by atoms with E-state index in [9.17, 15) is 9.90 Å². The summed E-state index contributed by atoms with van der Waals surface area (Å²) in [6, 6.07) is 0.